The zero-order valence-electron chi connectivity index (χ0n) is 8.29. The Bertz CT molecular complexity index is 334. The van der Waals surface area contributed by atoms with Crippen molar-refractivity contribution >= 4 is 16.5 Å². The average Bonchev–Trinajstić information content (AvgIpc) is 2.14. The zero-order chi connectivity index (χ0) is 10.7. The van der Waals surface area contributed by atoms with Crippen LogP contribution in [0.4, 0.5) is 10.1 Å². The van der Waals surface area contributed by atoms with E-state index < -0.39 is 16.6 Å². The van der Waals surface area contributed by atoms with E-state index in [1.165, 1.54) is 12.1 Å². The first-order valence-corrected chi connectivity index (χ1v) is 5.72. The van der Waals surface area contributed by atoms with Crippen LogP contribution in [0.15, 0.2) is 23.1 Å². The molecule has 0 radical (unpaired) electrons. The molecule has 2 N–H and O–H groups in total. The maximum Gasteiger partial charge on any atom is 0.126 e. The molecular formula is C10H14FNOS. The minimum Gasteiger partial charge on any atom is -0.399 e. The van der Waals surface area contributed by atoms with Gasteiger partial charge in [-0.05, 0) is 24.6 Å². The molecule has 2 atom stereocenters. The van der Waals surface area contributed by atoms with Gasteiger partial charge in [0, 0.05) is 15.8 Å². The number of nitrogens with two attached hydrogens (primary N) is 1. The maximum absolute atomic E-state index is 12.9. The second-order valence-electron chi connectivity index (χ2n) is 3.24. The van der Waals surface area contributed by atoms with Crippen molar-refractivity contribution in [2.24, 2.45) is 0 Å². The third kappa shape index (κ3) is 2.54. The second-order valence-corrected chi connectivity index (χ2v) is 5.11. The number of benzene rings is 1. The van der Waals surface area contributed by atoms with Crippen molar-refractivity contribution in [1.82, 2.24) is 0 Å². The monoisotopic (exact) mass is 215 g/mol. The van der Waals surface area contributed by atoms with Crippen molar-refractivity contribution in [3.8, 4) is 0 Å². The van der Waals surface area contributed by atoms with E-state index in [0.717, 1.165) is 6.42 Å². The average molecular weight is 215 g/mol. The summed E-state index contributed by atoms with van der Waals surface area (Å²) in [7, 11) is -1.17. The van der Waals surface area contributed by atoms with E-state index in [2.05, 4.69) is 0 Å². The Morgan fingerprint density at radius 2 is 2.14 bits per heavy atom. The third-order valence-electron chi connectivity index (χ3n) is 2.07. The fraction of sp³-hybridized carbons (Fsp3) is 0.400. The van der Waals surface area contributed by atoms with Crippen LogP contribution in [0.5, 0.6) is 0 Å². The van der Waals surface area contributed by atoms with Crippen molar-refractivity contribution in [3.63, 3.8) is 0 Å². The fourth-order valence-electron chi connectivity index (χ4n) is 1.08. The van der Waals surface area contributed by atoms with Gasteiger partial charge in [0.05, 0.1) is 10.8 Å². The third-order valence-corrected chi connectivity index (χ3v) is 3.83. The SMILES string of the molecule is CCC(C)S(=O)c1cc(N)cc(F)c1. The first-order valence-electron chi connectivity index (χ1n) is 4.51. The lowest BCUT2D eigenvalue weighted by Crippen LogP contribution is -2.09. The van der Waals surface area contributed by atoms with Crippen LogP contribution in [0.25, 0.3) is 0 Å². The van der Waals surface area contributed by atoms with E-state index in [9.17, 15) is 8.60 Å². The normalized spacial score (nSPS) is 15.1. The molecule has 0 saturated heterocycles. The van der Waals surface area contributed by atoms with E-state index in [4.69, 9.17) is 5.73 Å². The number of hydrogen-bond donors (Lipinski definition) is 1. The molecule has 0 aliphatic rings. The molecule has 14 heavy (non-hydrogen) atoms. The summed E-state index contributed by atoms with van der Waals surface area (Å²) in [4.78, 5) is 0.469. The number of nitrogen functional groups attached to an aromatic ring is 1. The Morgan fingerprint density at radius 3 is 2.64 bits per heavy atom. The highest BCUT2D eigenvalue weighted by molar-refractivity contribution is 7.85. The summed E-state index contributed by atoms with van der Waals surface area (Å²) in [5.74, 6) is -0.434. The van der Waals surface area contributed by atoms with Gasteiger partial charge in [0.1, 0.15) is 5.82 Å². The lowest BCUT2D eigenvalue weighted by Gasteiger charge is -2.09. The van der Waals surface area contributed by atoms with Gasteiger partial charge in [0.25, 0.3) is 0 Å². The van der Waals surface area contributed by atoms with Crippen molar-refractivity contribution < 1.29 is 8.60 Å². The molecule has 0 heterocycles. The van der Waals surface area contributed by atoms with Gasteiger partial charge < -0.3 is 5.73 Å². The van der Waals surface area contributed by atoms with Crippen molar-refractivity contribution in [2.75, 3.05) is 5.73 Å². The lowest BCUT2D eigenvalue weighted by molar-refractivity contribution is 0.622. The molecule has 78 valence electrons. The van der Waals surface area contributed by atoms with Crippen LogP contribution in [0, 0.1) is 5.82 Å². The number of hydrogen-bond acceptors (Lipinski definition) is 2. The summed E-state index contributed by atoms with van der Waals surface area (Å²) in [6, 6.07) is 4.06. The van der Waals surface area contributed by atoms with Crippen LogP contribution in [0.2, 0.25) is 0 Å². The Balaban J connectivity index is 3.01. The molecule has 0 spiro atoms. The molecule has 2 unspecified atom stereocenters. The van der Waals surface area contributed by atoms with E-state index in [1.54, 1.807) is 6.07 Å². The minimum atomic E-state index is -1.17. The Morgan fingerprint density at radius 1 is 1.50 bits per heavy atom. The van der Waals surface area contributed by atoms with Crippen molar-refractivity contribution in [1.29, 1.82) is 0 Å². The molecule has 0 fully saturated rings. The Kier molecular flexibility index (Phi) is 3.63. The van der Waals surface area contributed by atoms with Gasteiger partial charge in [-0.1, -0.05) is 13.8 Å². The van der Waals surface area contributed by atoms with Gasteiger partial charge in [0.15, 0.2) is 0 Å². The van der Waals surface area contributed by atoms with E-state index >= 15 is 0 Å². The fourth-order valence-corrected chi connectivity index (χ4v) is 2.33. The molecule has 4 heteroatoms. The predicted octanol–water partition coefficient (Wildman–Crippen LogP) is 2.31. The molecular weight excluding hydrogens is 201 g/mol. The Labute approximate surface area is 85.8 Å². The maximum atomic E-state index is 12.9. The highest BCUT2D eigenvalue weighted by atomic mass is 32.2. The lowest BCUT2D eigenvalue weighted by atomic mass is 10.3. The minimum absolute atomic E-state index is 0.0243. The first-order chi connectivity index (χ1) is 6.54. The summed E-state index contributed by atoms with van der Waals surface area (Å²) in [6.45, 7) is 3.82. The highest BCUT2D eigenvalue weighted by Gasteiger charge is 2.12. The van der Waals surface area contributed by atoms with Gasteiger partial charge >= 0.3 is 0 Å². The van der Waals surface area contributed by atoms with E-state index in [-0.39, 0.29) is 5.25 Å². The predicted molar refractivity (Wildman–Crippen MR) is 57.0 cm³/mol. The smallest absolute Gasteiger partial charge is 0.126 e. The topological polar surface area (TPSA) is 43.1 Å². The van der Waals surface area contributed by atoms with Crippen LogP contribution in [-0.4, -0.2) is 9.46 Å². The molecule has 0 aromatic heterocycles. The summed E-state index contributed by atoms with van der Waals surface area (Å²) >= 11 is 0. The molecule has 1 aromatic carbocycles. The van der Waals surface area contributed by atoms with Gasteiger partial charge in [0.2, 0.25) is 0 Å². The van der Waals surface area contributed by atoms with Crippen molar-refractivity contribution in [2.45, 2.75) is 30.4 Å². The molecule has 1 rings (SSSR count). The van der Waals surface area contributed by atoms with Crippen LogP contribution in [0.1, 0.15) is 20.3 Å². The van der Waals surface area contributed by atoms with Crippen LogP contribution < -0.4 is 5.73 Å². The summed E-state index contributed by atoms with van der Waals surface area (Å²) in [6.07, 6.45) is 0.795. The summed E-state index contributed by atoms with van der Waals surface area (Å²) in [5, 5.41) is 0.0243. The largest absolute Gasteiger partial charge is 0.399 e. The van der Waals surface area contributed by atoms with Crippen molar-refractivity contribution in [3.05, 3.63) is 24.0 Å². The zero-order valence-corrected chi connectivity index (χ0v) is 9.10. The molecule has 0 bridgehead atoms. The van der Waals surface area contributed by atoms with Crippen LogP contribution in [-0.2, 0) is 10.8 Å². The summed E-state index contributed by atoms with van der Waals surface area (Å²) in [5.41, 5.74) is 5.78. The number of anilines is 1. The van der Waals surface area contributed by atoms with E-state index in [0.29, 0.717) is 10.6 Å². The van der Waals surface area contributed by atoms with Crippen LogP contribution in [0.3, 0.4) is 0 Å². The van der Waals surface area contributed by atoms with Gasteiger partial charge in [-0.3, -0.25) is 4.21 Å². The van der Waals surface area contributed by atoms with E-state index in [1.807, 2.05) is 13.8 Å². The molecule has 0 aliphatic carbocycles. The van der Waals surface area contributed by atoms with Crippen LogP contribution >= 0.6 is 0 Å². The van der Waals surface area contributed by atoms with Gasteiger partial charge in [-0.25, -0.2) is 4.39 Å². The molecule has 0 aliphatic heterocycles. The van der Waals surface area contributed by atoms with Gasteiger partial charge in [-0.15, -0.1) is 0 Å². The molecule has 0 saturated carbocycles. The number of halogens is 1. The molecule has 1 aromatic rings. The summed E-state index contributed by atoms with van der Waals surface area (Å²) < 4.78 is 24.7. The highest BCUT2D eigenvalue weighted by Crippen LogP contribution is 2.18. The quantitative estimate of drug-likeness (QED) is 0.786. The standard InChI is InChI=1S/C10H14FNOS/c1-3-7(2)14(13)10-5-8(11)4-9(12)6-10/h4-7H,3,12H2,1-2H3. The molecule has 0 amide bonds. The number of rotatable bonds is 3. The Hall–Kier alpha value is -0.900. The van der Waals surface area contributed by atoms with Gasteiger partial charge in [-0.2, -0.15) is 0 Å². The second kappa shape index (κ2) is 4.55. The molecule has 2 nitrogen and oxygen atoms in total. The first kappa shape index (κ1) is 11.2.